The Labute approximate surface area is 113 Å². The second-order valence-electron chi connectivity index (χ2n) is 4.05. The van der Waals surface area contributed by atoms with Gasteiger partial charge in [-0.25, -0.2) is 0 Å². The molecule has 9 heteroatoms. The van der Waals surface area contributed by atoms with Crippen LogP contribution in [-0.4, -0.2) is 27.5 Å². The van der Waals surface area contributed by atoms with Gasteiger partial charge in [0.15, 0.2) is 0 Å². The quantitative estimate of drug-likeness (QED) is 0.418. The lowest BCUT2D eigenvalue weighted by Crippen LogP contribution is -2.16. The monoisotopic (exact) mass is 283 g/mol. The van der Waals surface area contributed by atoms with Crippen LogP contribution in [0.15, 0.2) is 18.2 Å². The van der Waals surface area contributed by atoms with Gasteiger partial charge in [-0.3, -0.25) is 25.0 Å². The first-order chi connectivity index (χ1) is 9.40. The van der Waals surface area contributed by atoms with Crippen molar-refractivity contribution < 1.29 is 19.7 Å². The molecule has 0 atom stereocenters. The first-order valence-electron chi connectivity index (χ1n) is 5.75. The summed E-state index contributed by atoms with van der Waals surface area (Å²) in [6.45, 7) is 0.602. The van der Waals surface area contributed by atoms with Gasteiger partial charge in [-0.05, 0) is 18.5 Å². The van der Waals surface area contributed by atoms with E-state index < -0.39 is 15.8 Å². The molecule has 0 aliphatic heterocycles. The molecule has 0 heterocycles. The van der Waals surface area contributed by atoms with Gasteiger partial charge in [-0.2, -0.15) is 0 Å². The van der Waals surface area contributed by atoms with Crippen LogP contribution in [0.5, 0.6) is 0 Å². The minimum atomic E-state index is -0.905. The van der Waals surface area contributed by atoms with Gasteiger partial charge < -0.3 is 10.4 Å². The van der Waals surface area contributed by atoms with Crippen molar-refractivity contribution in [2.75, 3.05) is 6.54 Å². The van der Waals surface area contributed by atoms with Crippen LogP contribution in [-0.2, 0) is 11.3 Å². The van der Waals surface area contributed by atoms with Crippen LogP contribution in [0.1, 0.15) is 18.4 Å². The summed E-state index contributed by atoms with van der Waals surface area (Å²) in [5.74, 6) is -0.905. The van der Waals surface area contributed by atoms with E-state index in [-0.39, 0.29) is 24.3 Å². The number of aliphatic carboxylic acids is 1. The zero-order valence-electron chi connectivity index (χ0n) is 10.4. The molecule has 0 saturated carbocycles. The van der Waals surface area contributed by atoms with Crippen molar-refractivity contribution in [2.24, 2.45) is 0 Å². The Bertz CT molecular complexity index is 499. The molecule has 0 aromatic heterocycles. The molecule has 0 unspecified atom stereocenters. The van der Waals surface area contributed by atoms with Gasteiger partial charge in [0.05, 0.1) is 15.9 Å². The van der Waals surface area contributed by atoms with E-state index in [0.29, 0.717) is 18.5 Å². The van der Waals surface area contributed by atoms with E-state index in [4.69, 9.17) is 5.11 Å². The van der Waals surface area contributed by atoms with Crippen LogP contribution in [0, 0.1) is 20.2 Å². The van der Waals surface area contributed by atoms with Gasteiger partial charge in [-0.1, -0.05) is 0 Å². The topological polar surface area (TPSA) is 136 Å². The predicted molar refractivity (Wildman–Crippen MR) is 68.3 cm³/mol. The van der Waals surface area contributed by atoms with Gasteiger partial charge >= 0.3 is 5.97 Å². The number of rotatable bonds is 8. The van der Waals surface area contributed by atoms with Crippen molar-refractivity contribution in [2.45, 2.75) is 19.4 Å². The number of nitrogens with zero attached hydrogens (tertiary/aromatic N) is 2. The van der Waals surface area contributed by atoms with E-state index in [1.807, 2.05) is 0 Å². The van der Waals surface area contributed by atoms with Crippen molar-refractivity contribution >= 4 is 17.3 Å². The Balaban J connectivity index is 2.67. The number of carboxylic acid groups (broad SMARTS) is 1. The number of carboxylic acids is 1. The third-order valence-corrected chi connectivity index (χ3v) is 2.46. The average Bonchev–Trinajstić information content (AvgIpc) is 2.37. The Morgan fingerprint density at radius 3 is 2.15 bits per heavy atom. The van der Waals surface area contributed by atoms with Gasteiger partial charge in [-0.15, -0.1) is 0 Å². The summed E-state index contributed by atoms with van der Waals surface area (Å²) in [7, 11) is 0. The summed E-state index contributed by atoms with van der Waals surface area (Å²) in [6.07, 6.45) is 0.425. The molecule has 0 radical (unpaired) electrons. The normalized spacial score (nSPS) is 10.2. The Kier molecular flexibility index (Phi) is 5.54. The molecule has 1 aromatic carbocycles. The van der Waals surface area contributed by atoms with Crippen molar-refractivity contribution in [3.8, 4) is 0 Å². The van der Waals surface area contributed by atoms with E-state index in [1.165, 1.54) is 12.1 Å². The highest BCUT2D eigenvalue weighted by Crippen LogP contribution is 2.22. The van der Waals surface area contributed by atoms with Crippen LogP contribution < -0.4 is 5.32 Å². The van der Waals surface area contributed by atoms with Gasteiger partial charge in [0.25, 0.3) is 11.4 Å². The molecule has 0 saturated heterocycles. The number of nitro groups is 2. The SMILES string of the molecule is O=C(O)CCCNCc1cc([N+](=O)[O-])cc([N+](=O)[O-])c1. The van der Waals surface area contributed by atoms with Gasteiger partial charge in [0, 0.05) is 25.1 Å². The van der Waals surface area contributed by atoms with Gasteiger partial charge in [0.1, 0.15) is 0 Å². The number of hydrogen-bond donors (Lipinski definition) is 2. The molecule has 108 valence electrons. The molecule has 2 N–H and O–H groups in total. The fraction of sp³-hybridized carbons (Fsp3) is 0.364. The van der Waals surface area contributed by atoms with Crippen LogP contribution in [0.3, 0.4) is 0 Å². The number of carbonyl (C=O) groups is 1. The second-order valence-corrected chi connectivity index (χ2v) is 4.05. The highest BCUT2D eigenvalue weighted by Gasteiger charge is 2.15. The molecule has 0 amide bonds. The molecular weight excluding hydrogens is 270 g/mol. The van der Waals surface area contributed by atoms with Crippen LogP contribution in [0.25, 0.3) is 0 Å². The third kappa shape index (κ3) is 4.98. The fourth-order valence-electron chi connectivity index (χ4n) is 1.57. The largest absolute Gasteiger partial charge is 0.481 e. The molecule has 20 heavy (non-hydrogen) atoms. The molecule has 1 rings (SSSR count). The Morgan fingerprint density at radius 1 is 1.15 bits per heavy atom. The van der Waals surface area contributed by atoms with E-state index in [1.54, 1.807) is 0 Å². The zero-order valence-corrected chi connectivity index (χ0v) is 10.4. The number of benzene rings is 1. The van der Waals surface area contributed by atoms with E-state index in [0.717, 1.165) is 6.07 Å². The molecule has 0 bridgehead atoms. The fourth-order valence-corrected chi connectivity index (χ4v) is 1.57. The molecule has 0 aliphatic carbocycles. The maximum atomic E-state index is 10.7. The minimum Gasteiger partial charge on any atom is -0.481 e. The zero-order chi connectivity index (χ0) is 15.1. The highest BCUT2D eigenvalue weighted by molar-refractivity contribution is 5.66. The summed E-state index contributed by atoms with van der Waals surface area (Å²) in [6, 6.07) is 3.39. The molecule has 0 fully saturated rings. The summed E-state index contributed by atoms with van der Waals surface area (Å²) >= 11 is 0. The third-order valence-electron chi connectivity index (χ3n) is 2.46. The Hall–Kier alpha value is -2.55. The van der Waals surface area contributed by atoms with Crippen LogP contribution >= 0.6 is 0 Å². The molecule has 9 nitrogen and oxygen atoms in total. The lowest BCUT2D eigenvalue weighted by atomic mass is 10.1. The summed E-state index contributed by atoms with van der Waals surface area (Å²) in [5.41, 5.74) is -0.288. The molecule has 1 aromatic rings. The van der Waals surface area contributed by atoms with Gasteiger partial charge in [0.2, 0.25) is 0 Å². The maximum Gasteiger partial charge on any atom is 0.303 e. The summed E-state index contributed by atoms with van der Waals surface area (Å²) in [5, 5.41) is 32.7. The smallest absolute Gasteiger partial charge is 0.303 e. The van der Waals surface area contributed by atoms with E-state index >= 15 is 0 Å². The number of non-ortho nitro benzene ring substituents is 2. The van der Waals surface area contributed by atoms with Crippen LogP contribution in [0.2, 0.25) is 0 Å². The van der Waals surface area contributed by atoms with Crippen molar-refractivity contribution in [3.05, 3.63) is 44.0 Å². The second kappa shape index (κ2) is 7.14. The first-order valence-corrected chi connectivity index (χ1v) is 5.75. The average molecular weight is 283 g/mol. The molecule has 0 aliphatic rings. The predicted octanol–water partition coefficient (Wildman–Crippen LogP) is 1.46. The first kappa shape index (κ1) is 15.5. The lowest BCUT2D eigenvalue weighted by molar-refractivity contribution is -0.394. The standard InChI is InChI=1S/C11H13N3O6/c15-11(16)2-1-3-12-7-8-4-9(13(17)18)6-10(5-8)14(19)20/h4-6,12H,1-3,7H2,(H,15,16). The van der Waals surface area contributed by atoms with E-state index in [9.17, 15) is 25.0 Å². The molecule has 0 spiro atoms. The summed E-state index contributed by atoms with van der Waals surface area (Å²) < 4.78 is 0. The lowest BCUT2D eigenvalue weighted by Gasteiger charge is -2.04. The maximum absolute atomic E-state index is 10.7. The number of nitrogens with one attached hydrogen (secondary N) is 1. The summed E-state index contributed by atoms with van der Waals surface area (Å²) in [4.78, 5) is 30.3. The van der Waals surface area contributed by atoms with Crippen molar-refractivity contribution in [1.29, 1.82) is 0 Å². The van der Waals surface area contributed by atoms with Crippen molar-refractivity contribution in [3.63, 3.8) is 0 Å². The molecular formula is C11H13N3O6. The Morgan fingerprint density at radius 2 is 1.70 bits per heavy atom. The van der Waals surface area contributed by atoms with Crippen molar-refractivity contribution in [1.82, 2.24) is 5.32 Å². The highest BCUT2D eigenvalue weighted by atomic mass is 16.6. The number of nitro benzene ring substituents is 2. The van der Waals surface area contributed by atoms with Crippen LogP contribution in [0.4, 0.5) is 11.4 Å². The number of hydrogen-bond acceptors (Lipinski definition) is 6. The minimum absolute atomic E-state index is 0.0160. The van der Waals surface area contributed by atoms with E-state index in [2.05, 4.69) is 5.32 Å².